The van der Waals surface area contributed by atoms with Gasteiger partial charge in [-0.25, -0.2) is 10.4 Å². The fourth-order valence-corrected chi connectivity index (χ4v) is 1.89. The summed E-state index contributed by atoms with van der Waals surface area (Å²) in [6, 6.07) is 0. The highest BCUT2D eigenvalue weighted by molar-refractivity contribution is 5.15. The predicted octanol–water partition coefficient (Wildman–Crippen LogP) is 0.700. The smallest absolute Gasteiger partial charge is 0.160 e. The van der Waals surface area contributed by atoms with E-state index < -0.39 is 6.23 Å². The van der Waals surface area contributed by atoms with E-state index in [0.717, 1.165) is 24.3 Å². The van der Waals surface area contributed by atoms with Crippen molar-refractivity contribution >= 4 is 0 Å². The maximum Gasteiger partial charge on any atom is 0.160 e. The van der Waals surface area contributed by atoms with E-state index in [1.807, 2.05) is 6.92 Å². The van der Waals surface area contributed by atoms with Crippen molar-refractivity contribution in [2.45, 2.75) is 32.4 Å². The lowest BCUT2D eigenvalue weighted by Gasteiger charge is -2.29. The van der Waals surface area contributed by atoms with Crippen LogP contribution in [0.2, 0.25) is 0 Å². The first-order valence-corrected chi connectivity index (χ1v) is 5.46. The molecule has 2 heterocycles. The topological polar surface area (TPSA) is 64.2 Å². The van der Waals surface area contributed by atoms with Crippen LogP contribution in [-0.2, 0) is 0 Å². The number of aliphatic hydroxyl groups excluding tert-OH is 1. The van der Waals surface area contributed by atoms with E-state index in [2.05, 4.69) is 20.6 Å². The number of hydrogen-bond donors (Lipinski definition) is 3. The van der Waals surface area contributed by atoms with Crippen molar-refractivity contribution in [3.8, 4) is 0 Å². The van der Waals surface area contributed by atoms with Crippen molar-refractivity contribution < 1.29 is 5.11 Å². The molecule has 1 fully saturated rings. The Bertz CT molecular complexity index is 306. The van der Waals surface area contributed by atoms with Crippen molar-refractivity contribution in [3.05, 3.63) is 17.5 Å². The standard InChI is InChI=1S/C10H18N4O/c1-8-7-11-12-9(8)10(15)13-14-5-3-2-4-6-14/h7,10,13,15H,2-6H2,1H3,(H,11,12). The Morgan fingerprint density at radius 1 is 1.47 bits per heavy atom. The van der Waals surface area contributed by atoms with Crippen LogP contribution in [0.25, 0.3) is 0 Å². The lowest BCUT2D eigenvalue weighted by atomic mass is 10.2. The molecule has 1 atom stereocenters. The summed E-state index contributed by atoms with van der Waals surface area (Å²) < 4.78 is 0. The fraction of sp³-hybridized carbons (Fsp3) is 0.700. The summed E-state index contributed by atoms with van der Waals surface area (Å²) >= 11 is 0. The average molecular weight is 210 g/mol. The molecule has 0 amide bonds. The van der Waals surface area contributed by atoms with Crippen molar-refractivity contribution in [1.82, 2.24) is 20.6 Å². The molecule has 5 heteroatoms. The Morgan fingerprint density at radius 3 is 2.80 bits per heavy atom. The maximum atomic E-state index is 9.92. The molecule has 1 aromatic heterocycles. The zero-order valence-electron chi connectivity index (χ0n) is 9.03. The van der Waals surface area contributed by atoms with Crippen LogP contribution in [0.1, 0.15) is 36.7 Å². The zero-order valence-corrected chi connectivity index (χ0v) is 9.03. The molecule has 84 valence electrons. The fourth-order valence-electron chi connectivity index (χ4n) is 1.89. The summed E-state index contributed by atoms with van der Waals surface area (Å²) in [4.78, 5) is 0. The lowest BCUT2D eigenvalue weighted by Crippen LogP contribution is -2.43. The van der Waals surface area contributed by atoms with E-state index in [4.69, 9.17) is 0 Å². The molecule has 1 saturated heterocycles. The Morgan fingerprint density at radius 2 is 2.20 bits per heavy atom. The number of aromatic nitrogens is 2. The van der Waals surface area contributed by atoms with Crippen molar-refractivity contribution in [1.29, 1.82) is 0 Å². The molecular formula is C10H18N4O. The van der Waals surface area contributed by atoms with Gasteiger partial charge in [0.05, 0.1) is 11.9 Å². The van der Waals surface area contributed by atoms with Gasteiger partial charge in [0.1, 0.15) is 0 Å². The van der Waals surface area contributed by atoms with Gasteiger partial charge in [-0.15, -0.1) is 0 Å². The maximum absolute atomic E-state index is 9.92. The first-order chi connectivity index (χ1) is 7.27. The number of piperidine rings is 1. The van der Waals surface area contributed by atoms with Crippen LogP contribution in [0.3, 0.4) is 0 Å². The minimum Gasteiger partial charge on any atom is -0.371 e. The quantitative estimate of drug-likeness (QED) is 0.643. The Balaban J connectivity index is 1.91. The monoisotopic (exact) mass is 210 g/mol. The highest BCUT2D eigenvalue weighted by Gasteiger charge is 2.17. The van der Waals surface area contributed by atoms with Crippen LogP contribution in [0.4, 0.5) is 0 Å². The van der Waals surface area contributed by atoms with Gasteiger partial charge in [0.15, 0.2) is 6.23 Å². The van der Waals surface area contributed by atoms with Gasteiger partial charge in [-0.05, 0) is 25.3 Å². The third-order valence-electron chi connectivity index (χ3n) is 2.80. The predicted molar refractivity (Wildman–Crippen MR) is 56.8 cm³/mol. The summed E-state index contributed by atoms with van der Waals surface area (Å²) in [5, 5.41) is 18.7. The number of aliphatic hydroxyl groups is 1. The van der Waals surface area contributed by atoms with Crippen LogP contribution in [-0.4, -0.2) is 33.4 Å². The molecule has 0 radical (unpaired) electrons. The number of aromatic amines is 1. The van der Waals surface area contributed by atoms with E-state index in [1.54, 1.807) is 6.20 Å². The van der Waals surface area contributed by atoms with Gasteiger partial charge in [0.25, 0.3) is 0 Å². The van der Waals surface area contributed by atoms with Crippen molar-refractivity contribution in [2.24, 2.45) is 0 Å². The number of rotatable bonds is 3. The molecule has 5 nitrogen and oxygen atoms in total. The molecule has 0 saturated carbocycles. The molecule has 15 heavy (non-hydrogen) atoms. The number of nitrogens with zero attached hydrogens (tertiary/aromatic N) is 2. The van der Waals surface area contributed by atoms with Gasteiger partial charge in [-0.3, -0.25) is 5.10 Å². The summed E-state index contributed by atoms with van der Waals surface area (Å²) in [5.74, 6) is 0. The molecule has 1 unspecified atom stereocenters. The second kappa shape index (κ2) is 4.74. The second-order valence-electron chi connectivity index (χ2n) is 4.05. The normalized spacial score (nSPS) is 20.4. The number of nitrogens with one attached hydrogen (secondary N) is 2. The van der Waals surface area contributed by atoms with Gasteiger partial charge < -0.3 is 5.11 Å². The number of H-pyrrole nitrogens is 1. The van der Waals surface area contributed by atoms with Crippen LogP contribution in [0.5, 0.6) is 0 Å². The summed E-state index contributed by atoms with van der Waals surface area (Å²) in [7, 11) is 0. The van der Waals surface area contributed by atoms with Gasteiger partial charge in [-0.1, -0.05) is 6.42 Å². The van der Waals surface area contributed by atoms with Crippen molar-refractivity contribution in [3.63, 3.8) is 0 Å². The van der Waals surface area contributed by atoms with Crippen molar-refractivity contribution in [2.75, 3.05) is 13.1 Å². The molecule has 0 aromatic carbocycles. The second-order valence-corrected chi connectivity index (χ2v) is 4.05. The zero-order chi connectivity index (χ0) is 10.7. The molecule has 2 rings (SSSR count). The van der Waals surface area contributed by atoms with E-state index in [9.17, 15) is 5.11 Å². The third-order valence-corrected chi connectivity index (χ3v) is 2.80. The molecule has 0 aliphatic carbocycles. The van der Waals surface area contributed by atoms with Crippen LogP contribution < -0.4 is 5.43 Å². The van der Waals surface area contributed by atoms with Gasteiger partial charge in [0, 0.05) is 13.1 Å². The molecule has 0 spiro atoms. The molecule has 0 bridgehead atoms. The minimum absolute atomic E-state index is 0.675. The highest BCUT2D eigenvalue weighted by atomic mass is 16.3. The Kier molecular flexibility index (Phi) is 3.35. The largest absolute Gasteiger partial charge is 0.371 e. The average Bonchev–Trinajstić information content (AvgIpc) is 2.66. The van der Waals surface area contributed by atoms with Gasteiger partial charge in [0.2, 0.25) is 0 Å². The molecule has 1 aliphatic heterocycles. The van der Waals surface area contributed by atoms with Gasteiger partial charge >= 0.3 is 0 Å². The first kappa shape index (κ1) is 10.6. The third kappa shape index (κ3) is 2.56. The van der Waals surface area contributed by atoms with E-state index >= 15 is 0 Å². The SMILES string of the molecule is Cc1cn[nH]c1C(O)NN1CCCCC1. The Labute approximate surface area is 89.5 Å². The molecule has 1 aliphatic rings. The summed E-state index contributed by atoms with van der Waals surface area (Å²) in [6.45, 7) is 3.94. The minimum atomic E-state index is -0.675. The number of hydrazine groups is 1. The molecule has 1 aromatic rings. The number of aryl methyl sites for hydroxylation is 1. The molecule has 3 N–H and O–H groups in total. The highest BCUT2D eigenvalue weighted by Crippen LogP contribution is 2.13. The Hall–Kier alpha value is -0.910. The van der Waals surface area contributed by atoms with Crippen LogP contribution >= 0.6 is 0 Å². The summed E-state index contributed by atoms with van der Waals surface area (Å²) in [6.07, 6.45) is 4.72. The van der Waals surface area contributed by atoms with E-state index in [1.165, 1.54) is 19.3 Å². The van der Waals surface area contributed by atoms with E-state index in [0.29, 0.717) is 0 Å². The number of hydrogen-bond acceptors (Lipinski definition) is 4. The lowest BCUT2D eigenvalue weighted by molar-refractivity contribution is 0.0202. The van der Waals surface area contributed by atoms with Crippen LogP contribution in [0, 0.1) is 6.92 Å². The summed E-state index contributed by atoms with van der Waals surface area (Å²) in [5.41, 5.74) is 4.81. The van der Waals surface area contributed by atoms with E-state index in [-0.39, 0.29) is 0 Å². The first-order valence-electron chi connectivity index (χ1n) is 5.46. The molecular weight excluding hydrogens is 192 g/mol. The van der Waals surface area contributed by atoms with Crippen LogP contribution in [0.15, 0.2) is 6.20 Å². The van der Waals surface area contributed by atoms with Gasteiger partial charge in [-0.2, -0.15) is 5.10 Å².